The lowest BCUT2D eigenvalue weighted by Crippen LogP contribution is -2.35. The number of rotatable bonds is 6. The summed E-state index contributed by atoms with van der Waals surface area (Å²) >= 11 is 0. The van der Waals surface area contributed by atoms with Gasteiger partial charge in [0.05, 0.1) is 0 Å². The molecular weight excluding hydrogens is 184 g/mol. The molecule has 2 heteroatoms. The first-order valence-electron chi connectivity index (χ1n) is 6.15. The molecule has 0 aromatic rings. The average Bonchev–Trinajstić information content (AvgIpc) is 2.76. The Labute approximate surface area is 94.4 Å². The maximum atomic E-state index is 3.43. The minimum Gasteiger partial charge on any atom is -0.315 e. The molecule has 0 amide bonds. The van der Waals surface area contributed by atoms with E-state index >= 15 is 0 Å². The molecule has 86 valence electrons. The van der Waals surface area contributed by atoms with E-state index in [0.717, 1.165) is 25.6 Å². The average molecular weight is 208 g/mol. The van der Waals surface area contributed by atoms with Crippen LogP contribution in [0.25, 0.3) is 0 Å². The van der Waals surface area contributed by atoms with Crippen molar-refractivity contribution in [2.75, 3.05) is 26.7 Å². The smallest absolute Gasteiger partial charge is 0.0214 e. The Morgan fingerprint density at radius 3 is 2.67 bits per heavy atom. The monoisotopic (exact) mass is 208 g/mol. The molecule has 0 saturated heterocycles. The minimum atomic E-state index is 0.849. The summed E-state index contributed by atoms with van der Waals surface area (Å²) in [6, 6.07) is 0.849. The van der Waals surface area contributed by atoms with Crippen molar-refractivity contribution in [1.82, 2.24) is 10.2 Å². The van der Waals surface area contributed by atoms with Crippen molar-refractivity contribution < 1.29 is 0 Å². The molecule has 0 aliphatic heterocycles. The van der Waals surface area contributed by atoms with Crippen molar-refractivity contribution >= 4 is 0 Å². The van der Waals surface area contributed by atoms with Crippen LogP contribution in [0, 0.1) is 11.8 Å². The van der Waals surface area contributed by atoms with Gasteiger partial charge in [-0.3, -0.25) is 0 Å². The molecule has 0 unspecified atom stereocenters. The summed E-state index contributed by atoms with van der Waals surface area (Å²) in [6.45, 7) is 5.19. The van der Waals surface area contributed by atoms with E-state index in [4.69, 9.17) is 0 Å². The standard InChI is InChI=1S/C13H24N2/c1-3-4-7-10-14-11-12-15(2)13-8-5-6-9-13/h13-14H,5-12H2,1-2H3. The van der Waals surface area contributed by atoms with Crippen LogP contribution in [0.3, 0.4) is 0 Å². The fourth-order valence-electron chi connectivity index (χ4n) is 2.18. The highest BCUT2D eigenvalue weighted by molar-refractivity contribution is 4.95. The largest absolute Gasteiger partial charge is 0.315 e. The van der Waals surface area contributed by atoms with Crippen LogP contribution in [0.2, 0.25) is 0 Å². The number of hydrogen-bond acceptors (Lipinski definition) is 2. The van der Waals surface area contributed by atoms with Gasteiger partial charge in [0, 0.05) is 32.1 Å². The lowest BCUT2D eigenvalue weighted by Gasteiger charge is -2.23. The van der Waals surface area contributed by atoms with Gasteiger partial charge in [-0.05, 0) is 26.8 Å². The van der Waals surface area contributed by atoms with Crippen LogP contribution in [0.1, 0.15) is 39.0 Å². The quantitative estimate of drug-likeness (QED) is 0.529. The molecule has 1 N–H and O–H groups in total. The summed E-state index contributed by atoms with van der Waals surface area (Å²) in [5.41, 5.74) is 0. The van der Waals surface area contributed by atoms with Gasteiger partial charge in [0.2, 0.25) is 0 Å². The maximum absolute atomic E-state index is 3.43. The minimum absolute atomic E-state index is 0.849. The topological polar surface area (TPSA) is 15.3 Å². The van der Waals surface area contributed by atoms with E-state index in [2.05, 4.69) is 29.1 Å². The van der Waals surface area contributed by atoms with Gasteiger partial charge in [-0.1, -0.05) is 12.8 Å². The predicted molar refractivity (Wildman–Crippen MR) is 65.8 cm³/mol. The van der Waals surface area contributed by atoms with E-state index in [-0.39, 0.29) is 0 Å². The molecule has 1 aliphatic rings. The van der Waals surface area contributed by atoms with Gasteiger partial charge in [-0.2, -0.15) is 0 Å². The predicted octanol–water partition coefficient (Wildman–Crippen LogP) is 1.86. The van der Waals surface area contributed by atoms with Gasteiger partial charge >= 0.3 is 0 Å². The zero-order chi connectivity index (χ0) is 10.9. The lowest BCUT2D eigenvalue weighted by molar-refractivity contribution is 0.246. The summed E-state index contributed by atoms with van der Waals surface area (Å²) in [6.07, 6.45) is 6.63. The summed E-state index contributed by atoms with van der Waals surface area (Å²) in [7, 11) is 2.25. The summed E-state index contributed by atoms with van der Waals surface area (Å²) in [4.78, 5) is 2.51. The lowest BCUT2D eigenvalue weighted by atomic mass is 10.2. The van der Waals surface area contributed by atoms with Crippen LogP contribution in [0.15, 0.2) is 0 Å². The molecule has 0 aromatic carbocycles. The van der Waals surface area contributed by atoms with E-state index in [9.17, 15) is 0 Å². The molecule has 0 bridgehead atoms. The number of nitrogens with zero attached hydrogens (tertiary/aromatic N) is 1. The van der Waals surface area contributed by atoms with E-state index < -0.39 is 0 Å². The van der Waals surface area contributed by atoms with Crippen LogP contribution in [0.5, 0.6) is 0 Å². The second-order valence-electron chi connectivity index (χ2n) is 4.35. The third-order valence-corrected chi connectivity index (χ3v) is 3.19. The van der Waals surface area contributed by atoms with Crippen LogP contribution < -0.4 is 5.32 Å². The highest BCUT2D eigenvalue weighted by Crippen LogP contribution is 2.21. The molecule has 2 nitrogen and oxygen atoms in total. The fourth-order valence-corrected chi connectivity index (χ4v) is 2.18. The molecule has 0 spiro atoms. The van der Waals surface area contributed by atoms with E-state index in [0.29, 0.717) is 0 Å². The van der Waals surface area contributed by atoms with Crippen molar-refractivity contribution in [3.8, 4) is 11.8 Å². The van der Waals surface area contributed by atoms with E-state index in [1.165, 1.54) is 32.2 Å². The van der Waals surface area contributed by atoms with Crippen molar-refractivity contribution in [1.29, 1.82) is 0 Å². The van der Waals surface area contributed by atoms with Crippen LogP contribution >= 0.6 is 0 Å². The molecule has 0 atom stereocenters. The van der Waals surface area contributed by atoms with Gasteiger partial charge in [0.25, 0.3) is 0 Å². The van der Waals surface area contributed by atoms with Crippen molar-refractivity contribution in [2.24, 2.45) is 0 Å². The van der Waals surface area contributed by atoms with Crippen LogP contribution in [0.4, 0.5) is 0 Å². The molecule has 0 radical (unpaired) electrons. The number of likely N-dealkylation sites (N-methyl/N-ethyl adjacent to an activating group) is 1. The third-order valence-electron chi connectivity index (χ3n) is 3.19. The van der Waals surface area contributed by atoms with Gasteiger partial charge in [0.1, 0.15) is 0 Å². The molecular formula is C13H24N2. The van der Waals surface area contributed by atoms with Crippen molar-refractivity contribution in [3.63, 3.8) is 0 Å². The normalized spacial score (nSPS) is 16.7. The van der Waals surface area contributed by atoms with Gasteiger partial charge < -0.3 is 10.2 Å². The fraction of sp³-hybridized carbons (Fsp3) is 0.846. The Bertz CT molecular complexity index is 208. The zero-order valence-corrected chi connectivity index (χ0v) is 10.2. The molecule has 15 heavy (non-hydrogen) atoms. The Morgan fingerprint density at radius 2 is 2.00 bits per heavy atom. The SMILES string of the molecule is CC#CCCNCCN(C)C1CCCC1. The Morgan fingerprint density at radius 1 is 1.27 bits per heavy atom. The van der Waals surface area contributed by atoms with Gasteiger partial charge in [-0.25, -0.2) is 0 Å². The molecule has 1 fully saturated rings. The van der Waals surface area contributed by atoms with Crippen molar-refractivity contribution in [2.45, 2.75) is 45.1 Å². The Kier molecular flexibility index (Phi) is 6.47. The van der Waals surface area contributed by atoms with Crippen LogP contribution in [-0.4, -0.2) is 37.6 Å². The zero-order valence-electron chi connectivity index (χ0n) is 10.2. The summed E-state index contributed by atoms with van der Waals surface area (Å²) < 4.78 is 0. The number of nitrogens with one attached hydrogen (secondary N) is 1. The van der Waals surface area contributed by atoms with Gasteiger partial charge in [-0.15, -0.1) is 11.8 Å². The Hall–Kier alpha value is -0.520. The first-order valence-corrected chi connectivity index (χ1v) is 6.15. The highest BCUT2D eigenvalue weighted by Gasteiger charge is 2.18. The molecule has 1 rings (SSSR count). The van der Waals surface area contributed by atoms with Crippen molar-refractivity contribution in [3.05, 3.63) is 0 Å². The van der Waals surface area contributed by atoms with Crippen LogP contribution in [-0.2, 0) is 0 Å². The summed E-state index contributed by atoms with van der Waals surface area (Å²) in [5, 5.41) is 3.43. The number of hydrogen-bond donors (Lipinski definition) is 1. The second-order valence-corrected chi connectivity index (χ2v) is 4.35. The first-order chi connectivity index (χ1) is 7.34. The third kappa shape index (κ3) is 5.20. The molecule has 1 aliphatic carbocycles. The van der Waals surface area contributed by atoms with E-state index in [1.54, 1.807) is 0 Å². The molecule has 0 aromatic heterocycles. The first kappa shape index (κ1) is 12.5. The Balaban J connectivity index is 1.95. The molecule has 1 saturated carbocycles. The maximum Gasteiger partial charge on any atom is 0.0214 e. The molecule has 0 heterocycles. The highest BCUT2D eigenvalue weighted by atomic mass is 15.1. The second kappa shape index (κ2) is 7.73. The van der Waals surface area contributed by atoms with Gasteiger partial charge in [0.15, 0.2) is 0 Å². The summed E-state index contributed by atoms with van der Waals surface area (Å²) in [5.74, 6) is 5.98. The van der Waals surface area contributed by atoms with E-state index in [1.807, 2.05) is 6.92 Å².